The number of rotatable bonds is 4. The number of thioether (sulfide) groups is 1. The highest BCUT2D eigenvalue weighted by Gasteiger charge is 2.21. The Morgan fingerprint density at radius 2 is 1.71 bits per heavy atom. The molecule has 0 unspecified atom stereocenters. The molecule has 0 aromatic heterocycles. The molecule has 3 rings (SSSR count). The fraction of sp³-hybridized carbons (Fsp3) is 0.278. The minimum absolute atomic E-state index is 0.258. The van der Waals surface area contributed by atoms with Crippen LogP contribution in [0, 0.1) is 0 Å². The van der Waals surface area contributed by atoms with Crippen LogP contribution in [0.3, 0.4) is 0 Å². The lowest BCUT2D eigenvalue weighted by molar-refractivity contribution is -0.118. The van der Waals surface area contributed by atoms with Gasteiger partial charge in [0.15, 0.2) is 0 Å². The van der Waals surface area contributed by atoms with E-state index in [1.807, 2.05) is 17.0 Å². The van der Waals surface area contributed by atoms with Gasteiger partial charge in [-0.25, -0.2) is 0 Å². The largest absolute Gasteiger partial charge is 0.311 e. The highest BCUT2D eigenvalue weighted by molar-refractivity contribution is 7.99. The summed E-state index contributed by atoms with van der Waals surface area (Å²) in [5, 5.41) is 0. The van der Waals surface area contributed by atoms with Gasteiger partial charge >= 0.3 is 0 Å². The van der Waals surface area contributed by atoms with Crippen molar-refractivity contribution in [2.24, 2.45) is 0 Å². The normalized spacial score (nSPS) is 14.7. The van der Waals surface area contributed by atoms with Crippen molar-refractivity contribution >= 4 is 23.4 Å². The van der Waals surface area contributed by atoms with E-state index in [0.717, 1.165) is 30.8 Å². The molecule has 0 saturated carbocycles. The van der Waals surface area contributed by atoms with E-state index in [0.29, 0.717) is 6.42 Å². The van der Waals surface area contributed by atoms with Gasteiger partial charge in [-0.15, -0.1) is 11.8 Å². The van der Waals surface area contributed by atoms with Crippen LogP contribution in [-0.2, 0) is 11.2 Å². The number of fused-ring (bicyclic) bond motifs is 1. The average Bonchev–Trinajstić information content (AvgIpc) is 2.68. The molecule has 1 amide bonds. The van der Waals surface area contributed by atoms with Crippen molar-refractivity contribution in [3.8, 4) is 0 Å². The summed E-state index contributed by atoms with van der Waals surface area (Å²) in [4.78, 5) is 15.6. The van der Waals surface area contributed by atoms with Crippen molar-refractivity contribution in [3.63, 3.8) is 0 Å². The van der Waals surface area contributed by atoms with Gasteiger partial charge < -0.3 is 4.90 Å². The molecule has 1 aliphatic heterocycles. The van der Waals surface area contributed by atoms with Gasteiger partial charge in [-0.1, -0.05) is 36.4 Å². The molecule has 2 aromatic rings. The van der Waals surface area contributed by atoms with Crippen molar-refractivity contribution in [3.05, 3.63) is 60.2 Å². The fourth-order valence-electron chi connectivity index (χ4n) is 2.70. The van der Waals surface area contributed by atoms with Crippen LogP contribution in [0.1, 0.15) is 18.4 Å². The van der Waals surface area contributed by atoms with E-state index in [9.17, 15) is 4.79 Å². The zero-order valence-electron chi connectivity index (χ0n) is 12.0. The minimum Gasteiger partial charge on any atom is -0.311 e. The summed E-state index contributed by atoms with van der Waals surface area (Å²) in [6, 6.07) is 18.7. The number of hydrogen-bond donors (Lipinski definition) is 0. The van der Waals surface area contributed by atoms with Crippen LogP contribution in [0.5, 0.6) is 0 Å². The van der Waals surface area contributed by atoms with Crippen LogP contribution in [0.2, 0.25) is 0 Å². The summed E-state index contributed by atoms with van der Waals surface area (Å²) in [6.07, 6.45) is 2.62. The summed E-state index contributed by atoms with van der Waals surface area (Å²) < 4.78 is 0. The maximum absolute atomic E-state index is 12.3. The summed E-state index contributed by atoms with van der Waals surface area (Å²) in [5.41, 5.74) is 2.40. The lowest BCUT2D eigenvalue weighted by Gasteiger charge is -2.22. The number of aryl methyl sites for hydroxylation is 1. The molecule has 0 spiro atoms. The Hall–Kier alpha value is -1.74. The third-order valence-electron chi connectivity index (χ3n) is 3.75. The molecule has 0 fully saturated rings. The molecule has 0 radical (unpaired) electrons. The van der Waals surface area contributed by atoms with E-state index in [1.54, 1.807) is 11.8 Å². The second kappa shape index (κ2) is 6.81. The zero-order valence-corrected chi connectivity index (χ0v) is 12.8. The standard InChI is InChI=1S/C18H19NOS/c20-18-12-6-8-15-7-4-5-11-17(15)19(18)13-14-21-16-9-2-1-3-10-16/h1-5,7,9-11H,6,8,12-14H2. The van der Waals surface area contributed by atoms with E-state index < -0.39 is 0 Å². The van der Waals surface area contributed by atoms with Gasteiger partial charge in [0.25, 0.3) is 0 Å². The molecule has 108 valence electrons. The molecule has 21 heavy (non-hydrogen) atoms. The second-order valence-corrected chi connectivity index (χ2v) is 6.36. The molecule has 0 N–H and O–H groups in total. The molecule has 0 bridgehead atoms. The molecule has 0 atom stereocenters. The van der Waals surface area contributed by atoms with Gasteiger partial charge in [0.05, 0.1) is 0 Å². The molecule has 0 saturated heterocycles. The number of carbonyl (C=O) groups excluding carboxylic acids is 1. The zero-order chi connectivity index (χ0) is 14.5. The van der Waals surface area contributed by atoms with Gasteiger partial charge in [-0.3, -0.25) is 4.79 Å². The van der Waals surface area contributed by atoms with Crippen LogP contribution < -0.4 is 4.90 Å². The first kappa shape index (κ1) is 14.2. The third-order valence-corrected chi connectivity index (χ3v) is 4.74. The van der Waals surface area contributed by atoms with E-state index in [2.05, 4.69) is 42.5 Å². The SMILES string of the molecule is O=C1CCCc2ccccc2N1CCSc1ccccc1. The number of benzene rings is 2. The van der Waals surface area contributed by atoms with Gasteiger partial charge in [0.1, 0.15) is 0 Å². The first-order valence-electron chi connectivity index (χ1n) is 7.41. The predicted molar refractivity (Wildman–Crippen MR) is 88.9 cm³/mol. The second-order valence-electron chi connectivity index (χ2n) is 5.19. The number of nitrogens with zero attached hydrogens (tertiary/aromatic N) is 1. The fourth-order valence-corrected chi connectivity index (χ4v) is 3.56. The molecule has 0 aliphatic carbocycles. The van der Waals surface area contributed by atoms with Crippen LogP contribution in [0.25, 0.3) is 0 Å². The van der Waals surface area contributed by atoms with Crippen LogP contribution in [-0.4, -0.2) is 18.2 Å². The van der Waals surface area contributed by atoms with Gasteiger partial charge in [0, 0.05) is 29.3 Å². The van der Waals surface area contributed by atoms with Gasteiger partial charge in [0.2, 0.25) is 5.91 Å². The highest BCUT2D eigenvalue weighted by atomic mass is 32.2. The summed E-state index contributed by atoms with van der Waals surface area (Å²) >= 11 is 1.80. The average molecular weight is 297 g/mol. The Labute approximate surface area is 130 Å². The molecule has 1 heterocycles. The third kappa shape index (κ3) is 3.48. The molecular formula is C18H19NOS. The Balaban J connectivity index is 1.70. The molecular weight excluding hydrogens is 278 g/mol. The van der Waals surface area contributed by atoms with Gasteiger partial charge in [-0.05, 0) is 36.6 Å². The molecule has 3 heteroatoms. The van der Waals surface area contributed by atoms with Crippen LogP contribution in [0.4, 0.5) is 5.69 Å². The number of amides is 1. The lowest BCUT2D eigenvalue weighted by Crippen LogP contribution is -2.32. The Bertz CT molecular complexity index is 612. The van der Waals surface area contributed by atoms with E-state index >= 15 is 0 Å². The van der Waals surface area contributed by atoms with Crippen molar-refractivity contribution in [1.82, 2.24) is 0 Å². The Morgan fingerprint density at radius 1 is 0.952 bits per heavy atom. The van der Waals surface area contributed by atoms with Crippen molar-refractivity contribution in [2.75, 3.05) is 17.2 Å². The van der Waals surface area contributed by atoms with Gasteiger partial charge in [-0.2, -0.15) is 0 Å². The van der Waals surface area contributed by atoms with E-state index in [-0.39, 0.29) is 5.91 Å². The monoisotopic (exact) mass is 297 g/mol. The maximum Gasteiger partial charge on any atom is 0.227 e. The van der Waals surface area contributed by atoms with Crippen molar-refractivity contribution in [2.45, 2.75) is 24.2 Å². The van der Waals surface area contributed by atoms with Crippen molar-refractivity contribution in [1.29, 1.82) is 0 Å². The van der Waals surface area contributed by atoms with Crippen LogP contribution >= 0.6 is 11.8 Å². The summed E-state index contributed by atoms with van der Waals surface area (Å²) in [7, 11) is 0. The Morgan fingerprint density at radius 3 is 2.57 bits per heavy atom. The minimum atomic E-state index is 0.258. The smallest absolute Gasteiger partial charge is 0.227 e. The molecule has 1 aliphatic rings. The lowest BCUT2D eigenvalue weighted by atomic mass is 10.1. The quantitative estimate of drug-likeness (QED) is 0.790. The van der Waals surface area contributed by atoms with Crippen LogP contribution in [0.15, 0.2) is 59.5 Å². The van der Waals surface area contributed by atoms with E-state index in [1.165, 1.54) is 10.5 Å². The number of anilines is 1. The topological polar surface area (TPSA) is 20.3 Å². The molecule has 2 aromatic carbocycles. The number of carbonyl (C=O) groups is 1. The first-order chi connectivity index (χ1) is 10.3. The predicted octanol–water partition coefficient (Wildman–Crippen LogP) is 4.15. The van der Waals surface area contributed by atoms with Crippen molar-refractivity contribution < 1.29 is 4.79 Å². The first-order valence-corrected chi connectivity index (χ1v) is 8.39. The molecule has 2 nitrogen and oxygen atoms in total. The summed E-state index contributed by atoms with van der Waals surface area (Å²) in [6.45, 7) is 0.773. The summed E-state index contributed by atoms with van der Waals surface area (Å²) in [5.74, 6) is 1.18. The maximum atomic E-state index is 12.3. The number of hydrogen-bond acceptors (Lipinski definition) is 2. The van der Waals surface area contributed by atoms with E-state index in [4.69, 9.17) is 0 Å². The Kier molecular flexibility index (Phi) is 4.61. The highest BCUT2D eigenvalue weighted by Crippen LogP contribution is 2.27. The number of para-hydroxylation sites is 1.